The lowest BCUT2D eigenvalue weighted by molar-refractivity contribution is 0.0807. The van der Waals surface area contributed by atoms with Crippen LogP contribution in [0.3, 0.4) is 0 Å². The minimum Gasteiger partial charge on any atom is -0.378 e. The molecule has 1 heterocycles. The zero-order valence-corrected chi connectivity index (χ0v) is 12.0. The normalized spacial score (nSPS) is 22.4. The van der Waals surface area contributed by atoms with Crippen LogP contribution in [0.2, 0.25) is 0 Å². The van der Waals surface area contributed by atoms with Crippen molar-refractivity contribution in [2.24, 2.45) is 5.92 Å². The molecule has 2 aliphatic rings. The fourth-order valence-electron chi connectivity index (χ4n) is 3.18. The molecule has 1 saturated heterocycles. The van der Waals surface area contributed by atoms with Crippen LogP contribution in [0.15, 0.2) is 24.3 Å². The van der Waals surface area contributed by atoms with Gasteiger partial charge in [0.1, 0.15) is 0 Å². The number of benzene rings is 1. The SMILES string of the molecule is COC1(Cc2ccc(CC3CCNCC3)cc2)CC1. The number of ether oxygens (including phenoxy) is 1. The van der Waals surface area contributed by atoms with E-state index in [-0.39, 0.29) is 5.60 Å². The molecule has 1 saturated carbocycles. The Kier molecular flexibility index (Phi) is 3.90. The monoisotopic (exact) mass is 259 g/mol. The summed E-state index contributed by atoms with van der Waals surface area (Å²) < 4.78 is 5.60. The van der Waals surface area contributed by atoms with Gasteiger partial charge in [0.25, 0.3) is 0 Å². The standard InChI is InChI=1S/C17H25NO/c1-19-17(8-9-17)13-16-4-2-14(3-5-16)12-15-6-10-18-11-7-15/h2-5,15,18H,6-13H2,1H3. The van der Waals surface area contributed by atoms with E-state index in [1.54, 1.807) is 0 Å². The summed E-state index contributed by atoms with van der Waals surface area (Å²) in [5.41, 5.74) is 3.10. The first-order valence-electron chi connectivity index (χ1n) is 7.63. The lowest BCUT2D eigenvalue weighted by Gasteiger charge is -2.22. The van der Waals surface area contributed by atoms with Crippen molar-refractivity contribution in [3.05, 3.63) is 35.4 Å². The van der Waals surface area contributed by atoms with Gasteiger partial charge in [0.15, 0.2) is 0 Å². The van der Waals surface area contributed by atoms with Crippen LogP contribution in [0.1, 0.15) is 36.8 Å². The minimum atomic E-state index is 0.177. The highest BCUT2D eigenvalue weighted by atomic mass is 16.5. The Labute approximate surface area is 116 Å². The van der Waals surface area contributed by atoms with Crippen molar-refractivity contribution >= 4 is 0 Å². The van der Waals surface area contributed by atoms with Crippen LogP contribution in [0.5, 0.6) is 0 Å². The number of nitrogens with one attached hydrogen (secondary N) is 1. The van der Waals surface area contributed by atoms with E-state index in [1.165, 1.54) is 56.3 Å². The lowest BCUT2D eigenvalue weighted by Crippen LogP contribution is -2.28. The molecule has 0 unspecified atom stereocenters. The Morgan fingerprint density at radius 2 is 1.74 bits per heavy atom. The molecule has 104 valence electrons. The third-order valence-corrected chi connectivity index (χ3v) is 4.77. The van der Waals surface area contributed by atoms with Crippen molar-refractivity contribution in [1.29, 1.82) is 0 Å². The van der Waals surface area contributed by atoms with Gasteiger partial charge in [-0.25, -0.2) is 0 Å². The fraction of sp³-hybridized carbons (Fsp3) is 0.647. The number of methoxy groups -OCH3 is 1. The summed E-state index contributed by atoms with van der Waals surface area (Å²) in [6.45, 7) is 2.39. The van der Waals surface area contributed by atoms with Crippen molar-refractivity contribution in [3.8, 4) is 0 Å². The second kappa shape index (κ2) is 5.64. The molecule has 0 radical (unpaired) electrons. The third-order valence-electron chi connectivity index (χ3n) is 4.77. The maximum Gasteiger partial charge on any atom is 0.0721 e. The third kappa shape index (κ3) is 3.37. The quantitative estimate of drug-likeness (QED) is 0.878. The Morgan fingerprint density at radius 1 is 1.11 bits per heavy atom. The highest BCUT2D eigenvalue weighted by Crippen LogP contribution is 2.41. The fourth-order valence-corrected chi connectivity index (χ4v) is 3.18. The Hall–Kier alpha value is -0.860. The van der Waals surface area contributed by atoms with Crippen LogP contribution in [-0.4, -0.2) is 25.8 Å². The first-order valence-corrected chi connectivity index (χ1v) is 7.63. The number of hydrogen-bond donors (Lipinski definition) is 1. The average Bonchev–Trinajstić information content (AvgIpc) is 3.23. The summed E-state index contributed by atoms with van der Waals surface area (Å²) in [6, 6.07) is 9.25. The van der Waals surface area contributed by atoms with Crippen LogP contribution in [0.4, 0.5) is 0 Å². The topological polar surface area (TPSA) is 21.3 Å². The van der Waals surface area contributed by atoms with E-state index in [0.717, 1.165) is 12.3 Å². The molecule has 1 N–H and O–H groups in total. The molecule has 1 aromatic rings. The van der Waals surface area contributed by atoms with Crippen LogP contribution >= 0.6 is 0 Å². The molecule has 2 fully saturated rings. The predicted octanol–water partition coefficient (Wildman–Crippen LogP) is 2.95. The van der Waals surface area contributed by atoms with Crippen molar-refractivity contribution in [1.82, 2.24) is 5.32 Å². The van der Waals surface area contributed by atoms with Gasteiger partial charge in [0, 0.05) is 13.5 Å². The highest BCUT2D eigenvalue weighted by molar-refractivity contribution is 5.25. The predicted molar refractivity (Wildman–Crippen MR) is 78.4 cm³/mol. The Morgan fingerprint density at radius 3 is 2.32 bits per heavy atom. The molecule has 0 spiro atoms. The summed E-state index contributed by atoms with van der Waals surface area (Å²) in [5.74, 6) is 0.876. The van der Waals surface area contributed by atoms with Crippen LogP contribution in [-0.2, 0) is 17.6 Å². The summed E-state index contributed by atoms with van der Waals surface area (Å²) in [4.78, 5) is 0. The van der Waals surface area contributed by atoms with Crippen molar-refractivity contribution in [3.63, 3.8) is 0 Å². The van der Waals surface area contributed by atoms with Crippen LogP contribution in [0.25, 0.3) is 0 Å². The van der Waals surface area contributed by atoms with Gasteiger partial charge >= 0.3 is 0 Å². The van der Waals surface area contributed by atoms with Crippen molar-refractivity contribution in [2.45, 2.75) is 44.1 Å². The molecule has 1 aliphatic carbocycles. The number of rotatable bonds is 5. The van der Waals surface area contributed by atoms with Crippen LogP contribution < -0.4 is 5.32 Å². The van der Waals surface area contributed by atoms with Gasteiger partial charge in [0.2, 0.25) is 0 Å². The average molecular weight is 259 g/mol. The Bertz CT molecular complexity index is 402. The smallest absolute Gasteiger partial charge is 0.0721 e. The molecule has 0 bridgehead atoms. The van der Waals surface area contributed by atoms with Gasteiger partial charge < -0.3 is 10.1 Å². The van der Waals surface area contributed by atoms with Gasteiger partial charge in [0.05, 0.1) is 5.60 Å². The molecule has 19 heavy (non-hydrogen) atoms. The van der Waals surface area contributed by atoms with E-state index in [9.17, 15) is 0 Å². The molecule has 3 rings (SSSR count). The molecule has 2 nitrogen and oxygen atoms in total. The summed E-state index contributed by atoms with van der Waals surface area (Å²) in [5, 5.41) is 3.43. The van der Waals surface area contributed by atoms with Gasteiger partial charge in [-0.2, -0.15) is 0 Å². The van der Waals surface area contributed by atoms with E-state index in [0.29, 0.717) is 0 Å². The maximum absolute atomic E-state index is 5.60. The van der Waals surface area contributed by atoms with Crippen molar-refractivity contribution < 1.29 is 4.74 Å². The van der Waals surface area contributed by atoms with Gasteiger partial charge in [-0.05, 0) is 62.2 Å². The molecule has 1 aliphatic heterocycles. The van der Waals surface area contributed by atoms with Gasteiger partial charge in [-0.3, -0.25) is 0 Å². The summed E-state index contributed by atoms with van der Waals surface area (Å²) in [7, 11) is 1.85. The van der Waals surface area contributed by atoms with Gasteiger partial charge in [-0.15, -0.1) is 0 Å². The van der Waals surface area contributed by atoms with Crippen molar-refractivity contribution in [2.75, 3.05) is 20.2 Å². The van der Waals surface area contributed by atoms with E-state index >= 15 is 0 Å². The first-order chi connectivity index (χ1) is 9.30. The van der Waals surface area contributed by atoms with E-state index in [2.05, 4.69) is 29.6 Å². The van der Waals surface area contributed by atoms with E-state index in [1.807, 2.05) is 7.11 Å². The first kappa shape index (κ1) is 13.1. The van der Waals surface area contributed by atoms with E-state index in [4.69, 9.17) is 4.74 Å². The van der Waals surface area contributed by atoms with E-state index < -0.39 is 0 Å². The molecule has 1 aromatic carbocycles. The minimum absolute atomic E-state index is 0.177. The number of piperidine rings is 1. The highest BCUT2D eigenvalue weighted by Gasteiger charge is 2.42. The largest absolute Gasteiger partial charge is 0.378 e. The van der Waals surface area contributed by atoms with Crippen LogP contribution in [0, 0.1) is 5.92 Å². The lowest BCUT2D eigenvalue weighted by atomic mass is 9.90. The number of hydrogen-bond acceptors (Lipinski definition) is 2. The summed E-state index contributed by atoms with van der Waals surface area (Å²) >= 11 is 0. The second-order valence-corrected chi connectivity index (χ2v) is 6.28. The molecule has 0 aromatic heterocycles. The molecule has 2 heteroatoms. The zero-order valence-electron chi connectivity index (χ0n) is 12.0. The molecule has 0 amide bonds. The van der Waals surface area contributed by atoms with Gasteiger partial charge in [-0.1, -0.05) is 24.3 Å². The molecular weight excluding hydrogens is 234 g/mol. The maximum atomic E-state index is 5.60. The second-order valence-electron chi connectivity index (χ2n) is 6.28. The molecular formula is C17H25NO. The Balaban J connectivity index is 1.56. The summed E-state index contributed by atoms with van der Waals surface area (Å²) in [6.07, 6.45) is 7.43. The zero-order chi connectivity index (χ0) is 13.1. The molecule has 0 atom stereocenters.